The minimum Gasteiger partial charge on any atom is -0.353 e. The van der Waals surface area contributed by atoms with Gasteiger partial charge in [0, 0.05) is 28.9 Å². The highest BCUT2D eigenvalue weighted by molar-refractivity contribution is 9.08. The minimum absolute atomic E-state index is 0.315. The summed E-state index contributed by atoms with van der Waals surface area (Å²) >= 11 is 3.55. The fraction of sp³-hybridized carbons (Fsp3) is 0.375. The van der Waals surface area contributed by atoms with Crippen LogP contribution >= 0.6 is 15.9 Å². The maximum Gasteiger partial charge on any atom is 0.133 e. The molecule has 2 rings (SSSR count). The van der Waals surface area contributed by atoms with E-state index >= 15 is 0 Å². The highest BCUT2D eigenvalue weighted by Gasteiger charge is 2.16. The lowest BCUT2D eigenvalue weighted by atomic mass is 10.1. The summed E-state index contributed by atoms with van der Waals surface area (Å²) in [5, 5.41) is 10.7. The Balaban J connectivity index is 2.52. The molecule has 1 aromatic carbocycles. The van der Waals surface area contributed by atoms with Crippen molar-refractivity contribution >= 4 is 32.7 Å². The third kappa shape index (κ3) is 3.10. The van der Waals surface area contributed by atoms with Crippen LogP contribution in [0.5, 0.6) is 0 Å². The number of fused-ring (bicyclic) bond motifs is 1. The second kappa shape index (κ2) is 6.71. The first-order valence-electron chi connectivity index (χ1n) is 6.75. The lowest BCUT2D eigenvalue weighted by Crippen LogP contribution is -2.33. The molecule has 0 bridgehead atoms. The van der Waals surface area contributed by atoms with Crippen molar-refractivity contribution in [2.24, 2.45) is 0 Å². The molecule has 1 heterocycles. The summed E-state index contributed by atoms with van der Waals surface area (Å²) < 4.78 is 0. The number of para-hydroxylation sites is 1. The van der Waals surface area contributed by atoms with Crippen LogP contribution < -0.4 is 4.90 Å². The zero-order valence-electron chi connectivity index (χ0n) is 11.8. The van der Waals surface area contributed by atoms with E-state index in [1.165, 1.54) is 0 Å². The molecule has 104 valence electrons. The molecule has 0 spiro atoms. The number of hydrogen-bond donors (Lipinski definition) is 0. The number of nitriles is 1. The van der Waals surface area contributed by atoms with Crippen molar-refractivity contribution in [3.05, 3.63) is 35.9 Å². The first-order chi connectivity index (χ1) is 9.67. The van der Waals surface area contributed by atoms with Gasteiger partial charge in [-0.25, -0.2) is 4.98 Å². The zero-order valence-corrected chi connectivity index (χ0v) is 13.4. The van der Waals surface area contributed by atoms with Crippen molar-refractivity contribution in [1.29, 1.82) is 5.26 Å². The molecule has 3 nitrogen and oxygen atoms in total. The van der Waals surface area contributed by atoms with Crippen LogP contribution in [0.3, 0.4) is 0 Å². The van der Waals surface area contributed by atoms with Gasteiger partial charge in [0.05, 0.1) is 18.0 Å². The number of pyridine rings is 1. The summed E-state index contributed by atoms with van der Waals surface area (Å²) in [6.07, 6.45) is 0.508. The number of benzene rings is 1. The van der Waals surface area contributed by atoms with Crippen LogP contribution in [0, 0.1) is 11.3 Å². The molecule has 0 saturated carbocycles. The van der Waals surface area contributed by atoms with Gasteiger partial charge in [0.1, 0.15) is 5.82 Å². The van der Waals surface area contributed by atoms with Gasteiger partial charge < -0.3 is 4.90 Å². The Kier molecular flexibility index (Phi) is 4.97. The van der Waals surface area contributed by atoms with Crippen LogP contribution in [0.15, 0.2) is 30.3 Å². The number of nitrogens with zero attached hydrogens (tertiary/aromatic N) is 3. The quantitative estimate of drug-likeness (QED) is 0.768. The van der Waals surface area contributed by atoms with E-state index in [1.54, 1.807) is 0 Å². The Morgan fingerprint density at radius 1 is 1.35 bits per heavy atom. The van der Waals surface area contributed by atoms with Gasteiger partial charge in [-0.3, -0.25) is 0 Å². The molecule has 0 amide bonds. The van der Waals surface area contributed by atoms with Gasteiger partial charge in [0.2, 0.25) is 0 Å². The Labute approximate surface area is 128 Å². The van der Waals surface area contributed by atoms with Gasteiger partial charge in [0.15, 0.2) is 0 Å². The Hall–Kier alpha value is -1.60. The predicted octanol–water partition coefficient (Wildman–Crippen LogP) is 4.26. The summed E-state index contributed by atoms with van der Waals surface area (Å²) in [6, 6.07) is 12.8. The first-order valence-corrected chi connectivity index (χ1v) is 7.87. The van der Waals surface area contributed by atoms with Crippen LogP contribution in [0.2, 0.25) is 0 Å². The predicted molar refractivity (Wildman–Crippen MR) is 87.1 cm³/mol. The summed E-state index contributed by atoms with van der Waals surface area (Å²) in [4.78, 5) is 7.01. The molecule has 4 heteroatoms. The molecule has 0 aliphatic heterocycles. The molecule has 20 heavy (non-hydrogen) atoms. The molecule has 0 atom stereocenters. The van der Waals surface area contributed by atoms with Crippen molar-refractivity contribution in [1.82, 2.24) is 4.98 Å². The standard InChI is InChI=1S/C16H18BrN3/c1-12(2)20(9-5-8-18)16-14(11-17)10-13-6-3-4-7-15(13)19-16/h3-4,6-7,10,12H,5,9,11H2,1-2H3. The summed E-state index contributed by atoms with van der Waals surface area (Å²) in [6.45, 7) is 4.97. The normalized spacial score (nSPS) is 10.8. The van der Waals surface area contributed by atoms with Gasteiger partial charge >= 0.3 is 0 Å². The second-order valence-electron chi connectivity index (χ2n) is 4.99. The molecule has 1 aromatic heterocycles. The van der Waals surface area contributed by atoms with E-state index in [4.69, 9.17) is 10.2 Å². The van der Waals surface area contributed by atoms with Gasteiger partial charge in [0.25, 0.3) is 0 Å². The lowest BCUT2D eigenvalue weighted by molar-refractivity contribution is 0.676. The molecule has 0 aliphatic carbocycles. The molecule has 0 saturated heterocycles. The largest absolute Gasteiger partial charge is 0.353 e. The van der Waals surface area contributed by atoms with Crippen molar-refractivity contribution in [2.75, 3.05) is 11.4 Å². The fourth-order valence-corrected chi connectivity index (χ4v) is 2.69. The molecule has 0 radical (unpaired) electrons. The Morgan fingerprint density at radius 3 is 2.75 bits per heavy atom. The van der Waals surface area contributed by atoms with Crippen LogP contribution in [-0.4, -0.2) is 17.6 Å². The molecular weight excluding hydrogens is 314 g/mol. The van der Waals surface area contributed by atoms with Crippen LogP contribution in [0.25, 0.3) is 10.9 Å². The number of aromatic nitrogens is 1. The third-order valence-corrected chi connectivity index (χ3v) is 3.89. The number of alkyl halides is 1. The van der Waals surface area contributed by atoms with E-state index in [1.807, 2.05) is 18.2 Å². The van der Waals surface area contributed by atoms with E-state index in [2.05, 4.69) is 52.9 Å². The summed E-state index contributed by atoms with van der Waals surface area (Å²) in [7, 11) is 0. The fourth-order valence-electron chi connectivity index (χ4n) is 2.28. The lowest BCUT2D eigenvalue weighted by Gasteiger charge is -2.29. The Morgan fingerprint density at radius 2 is 2.10 bits per heavy atom. The zero-order chi connectivity index (χ0) is 14.5. The second-order valence-corrected chi connectivity index (χ2v) is 5.55. The number of anilines is 1. The average Bonchev–Trinajstić information content (AvgIpc) is 2.46. The van der Waals surface area contributed by atoms with E-state index in [9.17, 15) is 0 Å². The average molecular weight is 332 g/mol. The van der Waals surface area contributed by atoms with E-state index in [0.717, 1.165) is 27.6 Å². The highest BCUT2D eigenvalue weighted by Crippen LogP contribution is 2.27. The van der Waals surface area contributed by atoms with Gasteiger partial charge in [-0.1, -0.05) is 34.1 Å². The van der Waals surface area contributed by atoms with Gasteiger partial charge in [-0.05, 0) is 26.0 Å². The maximum atomic E-state index is 8.84. The van der Waals surface area contributed by atoms with E-state index in [0.29, 0.717) is 19.0 Å². The number of rotatable bonds is 5. The van der Waals surface area contributed by atoms with Crippen molar-refractivity contribution in [3.63, 3.8) is 0 Å². The maximum absolute atomic E-state index is 8.84. The molecular formula is C16H18BrN3. The van der Waals surface area contributed by atoms with Crippen LogP contribution in [0.1, 0.15) is 25.8 Å². The molecule has 0 aliphatic rings. The monoisotopic (exact) mass is 331 g/mol. The first kappa shape index (κ1) is 14.8. The van der Waals surface area contributed by atoms with Crippen molar-refractivity contribution < 1.29 is 0 Å². The van der Waals surface area contributed by atoms with Crippen molar-refractivity contribution in [3.8, 4) is 6.07 Å². The van der Waals surface area contributed by atoms with Gasteiger partial charge in [-0.2, -0.15) is 5.26 Å². The van der Waals surface area contributed by atoms with E-state index < -0.39 is 0 Å². The molecule has 0 N–H and O–H groups in total. The highest BCUT2D eigenvalue weighted by atomic mass is 79.9. The molecule has 0 fully saturated rings. The van der Waals surface area contributed by atoms with Gasteiger partial charge in [-0.15, -0.1) is 0 Å². The third-order valence-electron chi connectivity index (χ3n) is 3.28. The molecule has 2 aromatic rings. The summed E-state index contributed by atoms with van der Waals surface area (Å²) in [5.41, 5.74) is 2.16. The summed E-state index contributed by atoms with van der Waals surface area (Å²) in [5.74, 6) is 0.978. The van der Waals surface area contributed by atoms with Crippen LogP contribution in [0.4, 0.5) is 5.82 Å². The smallest absolute Gasteiger partial charge is 0.133 e. The number of halogens is 1. The topological polar surface area (TPSA) is 39.9 Å². The molecule has 0 unspecified atom stereocenters. The SMILES string of the molecule is CC(C)N(CCC#N)c1nc2ccccc2cc1CBr. The van der Waals surface area contributed by atoms with E-state index in [-0.39, 0.29) is 0 Å². The Bertz CT molecular complexity index is 631. The van der Waals surface area contributed by atoms with Crippen molar-refractivity contribution in [2.45, 2.75) is 31.6 Å². The number of hydrogen-bond acceptors (Lipinski definition) is 3. The minimum atomic E-state index is 0.315. The van der Waals surface area contributed by atoms with Crippen LogP contribution in [-0.2, 0) is 5.33 Å².